The van der Waals surface area contributed by atoms with Crippen LogP contribution in [0.25, 0.3) is 0 Å². The van der Waals surface area contributed by atoms with E-state index in [0.717, 1.165) is 18.2 Å². The number of aromatic hydroxyl groups is 1. The van der Waals surface area contributed by atoms with Crippen LogP contribution in [0, 0.1) is 5.82 Å². The van der Waals surface area contributed by atoms with Crippen LogP contribution in [0.1, 0.15) is 5.56 Å². The van der Waals surface area contributed by atoms with Gasteiger partial charge in [0.15, 0.2) is 0 Å². The lowest BCUT2D eigenvalue weighted by Gasteiger charge is -2.15. The molecule has 1 aromatic carbocycles. The van der Waals surface area contributed by atoms with Crippen molar-refractivity contribution in [3.63, 3.8) is 0 Å². The van der Waals surface area contributed by atoms with Crippen molar-refractivity contribution in [1.29, 1.82) is 0 Å². The van der Waals surface area contributed by atoms with E-state index in [1.807, 2.05) is 0 Å². The lowest BCUT2D eigenvalue weighted by Crippen LogP contribution is -2.39. The lowest BCUT2D eigenvalue weighted by atomic mass is 10.1. The summed E-state index contributed by atoms with van der Waals surface area (Å²) in [5.74, 6) is -1.10. The number of rotatable bonds is 2. The third-order valence-corrected chi connectivity index (χ3v) is 1.90. The highest BCUT2D eigenvalue weighted by molar-refractivity contribution is 5.33. The van der Waals surface area contributed by atoms with Gasteiger partial charge in [0, 0.05) is 6.42 Å². The maximum absolute atomic E-state index is 12.7. The molecule has 0 spiro atoms. The van der Waals surface area contributed by atoms with Crippen LogP contribution in [0.3, 0.4) is 0 Å². The van der Waals surface area contributed by atoms with Gasteiger partial charge < -0.3 is 10.8 Å². The van der Waals surface area contributed by atoms with Gasteiger partial charge in [-0.3, -0.25) is 0 Å². The van der Waals surface area contributed by atoms with Crippen LogP contribution in [0.5, 0.6) is 5.75 Å². The van der Waals surface area contributed by atoms with E-state index < -0.39 is 30.2 Å². The predicted octanol–water partition coefficient (Wildman–Crippen LogP) is 1.96. The van der Waals surface area contributed by atoms with Gasteiger partial charge in [0.1, 0.15) is 17.6 Å². The molecule has 0 radical (unpaired) electrons. The van der Waals surface area contributed by atoms with Crippen LogP contribution in [0.4, 0.5) is 17.6 Å². The number of nitrogens with two attached hydrogens (primary N) is 1. The van der Waals surface area contributed by atoms with Gasteiger partial charge in [0.05, 0.1) is 0 Å². The van der Waals surface area contributed by atoms with Crippen LogP contribution < -0.4 is 5.73 Å². The lowest BCUT2D eigenvalue weighted by molar-refractivity contribution is -0.147. The molecule has 0 heterocycles. The van der Waals surface area contributed by atoms with Crippen LogP contribution >= 0.6 is 0 Å². The number of phenols is 1. The molecule has 1 rings (SSSR count). The van der Waals surface area contributed by atoms with Gasteiger partial charge in [0.25, 0.3) is 0 Å². The Morgan fingerprint density at radius 2 is 1.93 bits per heavy atom. The number of benzene rings is 1. The second kappa shape index (κ2) is 4.06. The van der Waals surface area contributed by atoms with Crippen molar-refractivity contribution < 1.29 is 22.7 Å². The molecule has 84 valence electrons. The van der Waals surface area contributed by atoms with Crippen LogP contribution in [-0.2, 0) is 6.42 Å². The maximum atomic E-state index is 12.7. The van der Waals surface area contributed by atoms with E-state index in [9.17, 15) is 17.6 Å². The summed E-state index contributed by atoms with van der Waals surface area (Å²) in [5, 5.41) is 9.16. The molecule has 0 saturated carbocycles. The fraction of sp³-hybridized carbons (Fsp3) is 0.333. The Labute approximate surface area is 83.3 Å². The maximum Gasteiger partial charge on any atom is 0.403 e. The molecule has 0 fully saturated rings. The molecular weight excluding hydrogens is 214 g/mol. The van der Waals surface area contributed by atoms with Gasteiger partial charge in [-0.1, -0.05) is 0 Å². The fourth-order valence-electron chi connectivity index (χ4n) is 1.07. The van der Waals surface area contributed by atoms with E-state index in [2.05, 4.69) is 0 Å². The van der Waals surface area contributed by atoms with E-state index in [1.54, 1.807) is 0 Å². The average Bonchev–Trinajstić information content (AvgIpc) is 2.09. The number of hydrogen-bond acceptors (Lipinski definition) is 2. The molecule has 0 aromatic heterocycles. The molecule has 0 amide bonds. The molecule has 1 unspecified atom stereocenters. The highest BCUT2D eigenvalue weighted by atomic mass is 19.4. The summed E-state index contributed by atoms with van der Waals surface area (Å²) >= 11 is 0. The molecule has 0 aliphatic carbocycles. The topological polar surface area (TPSA) is 46.2 Å². The Balaban J connectivity index is 2.85. The Hall–Kier alpha value is -1.30. The largest absolute Gasteiger partial charge is 0.508 e. The third kappa shape index (κ3) is 3.09. The van der Waals surface area contributed by atoms with Crippen LogP contribution in [-0.4, -0.2) is 17.3 Å². The van der Waals surface area contributed by atoms with Gasteiger partial charge in [-0.15, -0.1) is 0 Å². The van der Waals surface area contributed by atoms with E-state index in [4.69, 9.17) is 10.8 Å². The molecule has 0 aliphatic rings. The zero-order valence-corrected chi connectivity index (χ0v) is 7.55. The summed E-state index contributed by atoms with van der Waals surface area (Å²) in [5.41, 5.74) is 4.69. The fourth-order valence-corrected chi connectivity index (χ4v) is 1.07. The summed E-state index contributed by atoms with van der Waals surface area (Å²) < 4.78 is 48.9. The second-order valence-electron chi connectivity index (χ2n) is 3.13. The monoisotopic (exact) mass is 223 g/mol. The summed E-state index contributed by atoms with van der Waals surface area (Å²) in [6, 6.07) is 0.678. The SMILES string of the molecule is NC(Cc1cc(F)ccc1O)C(F)(F)F. The Morgan fingerprint density at radius 1 is 1.33 bits per heavy atom. The molecule has 3 N–H and O–H groups in total. The number of hydrogen-bond donors (Lipinski definition) is 2. The zero-order valence-electron chi connectivity index (χ0n) is 7.55. The predicted molar refractivity (Wildman–Crippen MR) is 45.8 cm³/mol. The van der Waals surface area contributed by atoms with Gasteiger partial charge in [-0.2, -0.15) is 13.2 Å². The molecule has 2 nitrogen and oxygen atoms in total. The molecule has 1 aromatic rings. The number of phenolic OH excluding ortho intramolecular Hbond substituents is 1. The van der Waals surface area contributed by atoms with Crippen molar-refractivity contribution in [3.05, 3.63) is 29.6 Å². The van der Waals surface area contributed by atoms with Crippen molar-refractivity contribution >= 4 is 0 Å². The van der Waals surface area contributed by atoms with Crippen molar-refractivity contribution in [2.75, 3.05) is 0 Å². The van der Waals surface area contributed by atoms with Crippen molar-refractivity contribution in [3.8, 4) is 5.75 Å². The first-order valence-electron chi connectivity index (χ1n) is 4.10. The Kier molecular flexibility index (Phi) is 3.18. The summed E-state index contributed by atoms with van der Waals surface area (Å²) in [6.07, 6.45) is -5.20. The summed E-state index contributed by atoms with van der Waals surface area (Å²) in [6.45, 7) is 0. The molecule has 0 saturated heterocycles. The van der Waals surface area contributed by atoms with E-state index >= 15 is 0 Å². The molecule has 15 heavy (non-hydrogen) atoms. The van der Waals surface area contributed by atoms with Gasteiger partial charge in [-0.25, -0.2) is 4.39 Å². The Morgan fingerprint density at radius 3 is 2.47 bits per heavy atom. The quantitative estimate of drug-likeness (QED) is 0.753. The third-order valence-electron chi connectivity index (χ3n) is 1.90. The minimum Gasteiger partial charge on any atom is -0.508 e. The highest BCUT2D eigenvalue weighted by Crippen LogP contribution is 2.25. The smallest absolute Gasteiger partial charge is 0.403 e. The average molecular weight is 223 g/mol. The van der Waals surface area contributed by atoms with E-state index in [0.29, 0.717) is 0 Å². The normalized spacial score (nSPS) is 13.9. The second-order valence-corrected chi connectivity index (χ2v) is 3.13. The van der Waals surface area contributed by atoms with Crippen LogP contribution in [0.15, 0.2) is 18.2 Å². The minimum absolute atomic E-state index is 0.153. The minimum atomic E-state index is -4.56. The highest BCUT2D eigenvalue weighted by Gasteiger charge is 2.36. The zero-order chi connectivity index (χ0) is 11.6. The van der Waals surface area contributed by atoms with Crippen molar-refractivity contribution in [2.45, 2.75) is 18.6 Å². The van der Waals surface area contributed by atoms with Crippen molar-refractivity contribution in [1.82, 2.24) is 0 Å². The van der Waals surface area contributed by atoms with Gasteiger partial charge >= 0.3 is 6.18 Å². The first-order valence-corrected chi connectivity index (χ1v) is 4.10. The van der Waals surface area contributed by atoms with Gasteiger partial charge in [-0.05, 0) is 23.8 Å². The molecular formula is C9H9F4NO. The molecule has 6 heteroatoms. The van der Waals surface area contributed by atoms with Gasteiger partial charge in [0.2, 0.25) is 0 Å². The number of alkyl halides is 3. The summed E-state index contributed by atoms with van der Waals surface area (Å²) in [4.78, 5) is 0. The Bertz CT molecular complexity index is 350. The van der Waals surface area contributed by atoms with E-state index in [-0.39, 0.29) is 5.56 Å². The molecule has 0 bridgehead atoms. The standard InChI is InChI=1S/C9H9F4NO/c10-6-1-2-7(15)5(3-6)4-8(14)9(11,12)13/h1-3,8,15H,4,14H2. The first-order chi connectivity index (χ1) is 6.80. The molecule has 1 atom stereocenters. The number of halogens is 4. The van der Waals surface area contributed by atoms with Crippen molar-refractivity contribution in [2.24, 2.45) is 5.73 Å². The summed E-state index contributed by atoms with van der Waals surface area (Å²) in [7, 11) is 0. The van der Waals surface area contributed by atoms with E-state index in [1.165, 1.54) is 0 Å². The van der Waals surface area contributed by atoms with Crippen LogP contribution in [0.2, 0.25) is 0 Å². The first kappa shape index (κ1) is 11.8. The molecule has 0 aliphatic heterocycles.